The van der Waals surface area contributed by atoms with Crippen LogP contribution in [0.4, 0.5) is 0 Å². The molecule has 1 aromatic heterocycles. The van der Waals surface area contributed by atoms with Gasteiger partial charge in [-0.1, -0.05) is 24.3 Å². The van der Waals surface area contributed by atoms with Crippen LogP contribution in [0.15, 0.2) is 54.6 Å². The van der Waals surface area contributed by atoms with Crippen molar-refractivity contribution >= 4 is 22.8 Å². The topological polar surface area (TPSA) is 77.5 Å². The highest BCUT2D eigenvalue weighted by Crippen LogP contribution is 2.24. The number of nitrogens with zero attached hydrogens (tertiary/aromatic N) is 1. The Kier molecular flexibility index (Phi) is 5.12. The molecule has 3 rings (SSSR count). The number of para-hydroxylation sites is 1. The number of benzene rings is 2. The number of rotatable bonds is 5. The van der Waals surface area contributed by atoms with Gasteiger partial charge in [0.25, 0.3) is 5.91 Å². The molecule has 1 amide bonds. The Morgan fingerprint density at radius 3 is 2.46 bits per heavy atom. The molecule has 0 saturated carbocycles. The Morgan fingerprint density at radius 2 is 1.77 bits per heavy atom. The third-order valence-corrected chi connectivity index (χ3v) is 3.96. The maximum atomic E-state index is 12.4. The first-order valence-electron chi connectivity index (χ1n) is 8.01. The van der Waals surface area contributed by atoms with Crippen LogP contribution < -0.4 is 10.1 Å². The second-order valence-corrected chi connectivity index (χ2v) is 5.60. The van der Waals surface area contributed by atoms with Crippen molar-refractivity contribution in [2.75, 3.05) is 14.2 Å². The van der Waals surface area contributed by atoms with Crippen LogP contribution in [0.5, 0.6) is 5.75 Å². The molecule has 6 heteroatoms. The van der Waals surface area contributed by atoms with Gasteiger partial charge in [0.1, 0.15) is 11.4 Å². The minimum atomic E-state index is -0.395. The van der Waals surface area contributed by atoms with E-state index in [2.05, 4.69) is 15.0 Å². The fraction of sp³-hybridized carbons (Fsp3) is 0.150. The largest absolute Gasteiger partial charge is 0.496 e. The normalized spacial score (nSPS) is 10.4. The average Bonchev–Trinajstić information content (AvgIpc) is 2.70. The summed E-state index contributed by atoms with van der Waals surface area (Å²) in [6, 6.07) is 15.9. The van der Waals surface area contributed by atoms with E-state index < -0.39 is 5.97 Å². The van der Waals surface area contributed by atoms with Gasteiger partial charge in [-0.05, 0) is 29.8 Å². The van der Waals surface area contributed by atoms with Crippen molar-refractivity contribution in [2.24, 2.45) is 0 Å². The van der Waals surface area contributed by atoms with Gasteiger partial charge in [-0.15, -0.1) is 0 Å². The van der Waals surface area contributed by atoms with Crippen LogP contribution in [0.2, 0.25) is 0 Å². The maximum Gasteiger partial charge on any atom is 0.337 e. The van der Waals surface area contributed by atoms with Crippen molar-refractivity contribution in [3.8, 4) is 5.75 Å². The van der Waals surface area contributed by atoms with Crippen LogP contribution in [0.3, 0.4) is 0 Å². The van der Waals surface area contributed by atoms with Gasteiger partial charge in [0.15, 0.2) is 0 Å². The third-order valence-electron chi connectivity index (χ3n) is 3.96. The number of nitrogens with one attached hydrogen (secondary N) is 1. The SMILES string of the molecule is COC(=O)c1ccc(CNC(=O)c2cc(OC)c3ccccc3n2)cc1. The number of aromatic nitrogens is 1. The predicted molar refractivity (Wildman–Crippen MR) is 97.2 cm³/mol. The third kappa shape index (κ3) is 3.64. The molecular weight excluding hydrogens is 332 g/mol. The zero-order chi connectivity index (χ0) is 18.5. The van der Waals surface area contributed by atoms with Crippen LogP contribution in [0, 0.1) is 0 Å². The van der Waals surface area contributed by atoms with E-state index in [-0.39, 0.29) is 11.6 Å². The van der Waals surface area contributed by atoms with Crippen molar-refractivity contribution in [3.63, 3.8) is 0 Å². The lowest BCUT2D eigenvalue weighted by Gasteiger charge is -2.09. The van der Waals surface area contributed by atoms with Gasteiger partial charge in [-0.25, -0.2) is 9.78 Å². The van der Waals surface area contributed by atoms with Gasteiger partial charge >= 0.3 is 5.97 Å². The smallest absolute Gasteiger partial charge is 0.337 e. The summed E-state index contributed by atoms with van der Waals surface area (Å²) in [5, 5.41) is 3.67. The standard InChI is InChI=1S/C20H18N2O4/c1-25-18-11-17(22-16-6-4-3-5-15(16)18)19(23)21-12-13-7-9-14(10-8-13)20(24)26-2/h3-11H,12H2,1-2H3,(H,21,23). The minimum absolute atomic E-state index is 0.284. The first-order valence-corrected chi connectivity index (χ1v) is 8.01. The van der Waals surface area contributed by atoms with Gasteiger partial charge in [0, 0.05) is 18.0 Å². The van der Waals surface area contributed by atoms with Gasteiger partial charge in [-0.2, -0.15) is 0 Å². The molecule has 0 spiro atoms. The molecule has 0 bridgehead atoms. The summed E-state index contributed by atoms with van der Waals surface area (Å²) in [4.78, 5) is 28.3. The van der Waals surface area contributed by atoms with Crippen molar-refractivity contribution in [1.82, 2.24) is 10.3 Å². The number of carbonyl (C=O) groups excluding carboxylic acids is 2. The predicted octanol–water partition coefficient (Wildman–Crippen LogP) is 2.96. The Morgan fingerprint density at radius 1 is 1.04 bits per heavy atom. The molecule has 0 fully saturated rings. The van der Waals surface area contributed by atoms with E-state index in [9.17, 15) is 9.59 Å². The Balaban J connectivity index is 1.74. The van der Waals surface area contributed by atoms with Crippen molar-refractivity contribution in [1.29, 1.82) is 0 Å². The zero-order valence-corrected chi connectivity index (χ0v) is 14.5. The molecule has 0 saturated heterocycles. The molecule has 1 heterocycles. The second kappa shape index (κ2) is 7.65. The number of hydrogen-bond acceptors (Lipinski definition) is 5. The molecular formula is C20H18N2O4. The van der Waals surface area contributed by atoms with E-state index in [4.69, 9.17) is 4.74 Å². The number of methoxy groups -OCH3 is 2. The molecule has 6 nitrogen and oxygen atoms in total. The Hall–Kier alpha value is -3.41. The van der Waals surface area contributed by atoms with E-state index >= 15 is 0 Å². The maximum absolute atomic E-state index is 12.4. The summed E-state index contributed by atoms with van der Waals surface area (Å²) < 4.78 is 10.0. The molecule has 0 aliphatic carbocycles. The highest BCUT2D eigenvalue weighted by Gasteiger charge is 2.12. The molecule has 0 aliphatic heterocycles. The average molecular weight is 350 g/mol. The molecule has 0 atom stereocenters. The quantitative estimate of drug-likeness (QED) is 0.716. The number of esters is 1. The van der Waals surface area contributed by atoms with Crippen LogP contribution in [0.25, 0.3) is 10.9 Å². The van der Waals surface area contributed by atoms with E-state index in [1.807, 2.05) is 24.3 Å². The summed E-state index contributed by atoms with van der Waals surface area (Å²) in [6.07, 6.45) is 0. The molecule has 2 aromatic carbocycles. The molecule has 3 aromatic rings. The molecule has 1 N–H and O–H groups in total. The lowest BCUT2D eigenvalue weighted by atomic mass is 10.1. The highest BCUT2D eigenvalue weighted by molar-refractivity contribution is 5.97. The first-order chi connectivity index (χ1) is 12.6. The molecule has 132 valence electrons. The Labute approximate surface area is 150 Å². The van der Waals surface area contributed by atoms with Gasteiger partial charge in [-0.3, -0.25) is 4.79 Å². The summed E-state index contributed by atoms with van der Waals surface area (Å²) in [6.45, 7) is 0.317. The highest BCUT2D eigenvalue weighted by atomic mass is 16.5. The number of fused-ring (bicyclic) bond motifs is 1. The first kappa shape index (κ1) is 17.4. The lowest BCUT2D eigenvalue weighted by molar-refractivity contribution is 0.0600. The van der Waals surface area contributed by atoms with Gasteiger partial charge in [0.05, 0.1) is 25.3 Å². The summed E-state index contributed by atoms with van der Waals surface area (Å²) in [5.74, 6) is -0.0951. The number of hydrogen-bond donors (Lipinski definition) is 1. The molecule has 0 aliphatic rings. The number of carbonyl (C=O) groups is 2. The molecule has 0 unspecified atom stereocenters. The van der Waals surface area contributed by atoms with Gasteiger partial charge in [0.2, 0.25) is 0 Å². The monoisotopic (exact) mass is 350 g/mol. The van der Waals surface area contributed by atoms with Crippen LogP contribution in [-0.4, -0.2) is 31.1 Å². The second-order valence-electron chi connectivity index (χ2n) is 5.60. The van der Waals surface area contributed by atoms with E-state index in [1.165, 1.54) is 7.11 Å². The fourth-order valence-corrected chi connectivity index (χ4v) is 2.58. The summed E-state index contributed by atoms with van der Waals surface area (Å²) >= 11 is 0. The van der Waals surface area contributed by atoms with E-state index in [0.717, 1.165) is 10.9 Å². The minimum Gasteiger partial charge on any atom is -0.496 e. The van der Waals surface area contributed by atoms with Crippen LogP contribution in [0.1, 0.15) is 26.4 Å². The number of amides is 1. The van der Waals surface area contributed by atoms with Crippen LogP contribution in [-0.2, 0) is 11.3 Å². The zero-order valence-electron chi connectivity index (χ0n) is 14.5. The van der Waals surface area contributed by atoms with Crippen molar-refractivity contribution in [3.05, 3.63) is 71.4 Å². The molecule has 26 heavy (non-hydrogen) atoms. The van der Waals surface area contributed by atoms with Gasteiger partial charge < -0.3 is 14.8 Å². The van der Waals surface area contributed by atoms with E-state index in [0.29, 0.717) is 23.4 Å². The fourth-order valence-electron chi connectivity index (χ4n) is 2.58. The number of ether oxygens (including phenoxy) is 2. The lowest BCUT2D eigenvalue weighted by Crippen LogP contribution is -2.24. The van der Waals surface area contributed by atoms with Crippen LogP contribution >= 0.6 is 0 Å². The summed E-state index contributed by atoms with van der Waals surface area (Å²) in [5.41, 5.74) is 2.30. The summed E-state index contributed by atoms with van der Waals surface area (Å²) in [7, 11) is 2.90. The number of pyridine rings is 1. The Bertz CT molecular complexity index is 952. The molecule has 0 radical (unpaired) electrons. The van der Waals surface area contributed by atoms with E-state index in [1.54, 1.807) is 37.4 Å². The van der Waals surface area contributed by atoms with Crippen molar-refractivity contribution in [2.45, 2.75) is 6.54 Å². The van der Waals surface area contributed by atoms with Crippen molar-refractivity contribution < 1.29 is 19.1 Å².